The number of ether oxygens (including phenoxy) is 3. The van der Waals surface area contributed by atoms with Crippen molar-refractivity contribution in [2.45, 2.75) is 57.0 Å². The number of carbonyl (C=O) groups excluding carboxylic acids is 2. The van der Waals surface area contributed by atoms with Gasteiger partial charge in [-0.1, -0.05) is 6.08 Å². The summed E-state index contributed by atoms with van der Waals surface area (Å²) in [6.07, 6.45) is 4.09. The Balaban J connectivity index is 1.93. The lowest BCUT2D eigenvalue weighted by atomic mass is 9.87. The van der Waals surface area contributed by atoms with Gasteiger partial charge in [-0.05, 0) is 65.6 Å². The number of hydrogen-bond donors (Lipinski definition) is 4. The van der Waals surface area contributed by atoms with Gasteiger partial charge in [-0.15, -0.1) is 6.58 Å². The predicted molar refractivity (Wildman–Crippen MR) is 166 cm³/mol. The molecule has 3 rings (SSSR count). The van der Waals surface area contributed by atoms with E-state index in [4.69, 9.17) is 14.2 Å². The Morgan fingerprint density at radius 2 is 2.02 bits per heavy atom. The van der Waals surface area contributed by atoms with E-state index in [1.807, 2.05) is 6.08 Å². The van der Waals surface area contributed by atoms with Crippen LogP contribution in [0.15, 0.2) is 36.4 Å². The standard InChI is InChI=1S/C30H44IN3O8/c1-3-4-5-6-7-27(37)34(10-9-33-11-14-41-15-12-33)24-18-22(30(39)32-8-13-35)19-25(28(24)38)42-29-23(31)16-21(20-36)17-26(29)40-2/h3,16-17,19,24-25,28,35-36,38H,1,4-15,18,20H2,2H3,(H,32,39). The molecule has 0 saturated carbocycles. The van der Waals surface area contributed by atoms with Crippen molar-refractivity contribution in [3.8, 4) is 11.5 Å². The van der Waals surface area contributed by atoms with Crippen molar-refractivity contribution in [2.75, 3.05) is 59.7 Å². The first kappa shape index (κ1) is 34.3. The Kier molecular flexibility index (Phi) is 14.5. The van der Waals surface area contributed by atoms with Crippen LogP contribution in [0.4, 0.5) is 0 Å². The molecule has 1 aromatic carbocycles. The number of benzene rings is 1. The maximum atomic E-state index is 13.7. The van der Waals surface area contributed by atoms with E-state index in [2.05, 4.69) is 39.4 Å². The number of nitrogens with one attached hydrogen (secondary N) is 1. The molecule has 2 aliphatic rings. The fraction of sp³-hybridized carbons (Fsp3) is 0.600. The van der Waals surface area contributed by atoms with Gasteiger partial charge in [0.05, 0.1) is 43.1 Å². The summed E-state index contributed by atoms with van der Waals surface area (Å²) in [5.74, 6) is 0.259. The zero-order chi connectivity index (χ0) is 30.5. The normalized spacial score (nSPS) is 20.9. The number of aliphatic hydroxyl groups is 3. The highest BCUT2D eigenvalue weighted by Crippen LogP contribution is 2.37. The first-order chi connectivity index (χ1) is 20.3. The molecular weight excluding hydrogens is 657 g/mol. The van der Waals surface area contributed by atoms with Gasteiger partial charge in [0.1, 0.15) is 12.2 Å². The summed E-state index contributed by atoms with van der Waals surface area (Å²) in [5.41, 5.74) is 1.00. The van der Waals surface area contributed by atoms with E-state index in [9.17, 15) is 24.9 Å². The maximum absolute atomic E-state index is 13.7. The summed E-state index contributed by atoms with van der Waals surface area (Å²) < 4.78 is 18.0. The number of unbranched alkanes of at least 4 members (excludes halogenated alkanes) is 2. The molecular formula is C30H44IN3O8. The minimum absolute atomic E-state index is 0.0756. The number of aliphatic hydroxyl groups excluding tert-OH is 3. The first-order valence-electron chi connectivity index (χ1n) is 14.4. The van der Waals surface area contributed by atoms with E-state index in [0.29, 0.717) is 65.4 Å². The van der Waals surface area contributed by atoms with Gasteiger partial charge in [-0.25, -0.2) is 0 Å². The molecule has 0 aromatic heterocycles. The second-order valence-electron chi connectivity index (χ2n) is 10.4. The second kappa shape index (κ2) is 17.8. The average molecular weight is 702 g/mol. The fourth-order valence-electron chi connectivity index (χ4n) is 5.15. The monoisotopic (exact) mass is 701 g/mol. The largest absolute Gasteiger partial charge is 0.493 e. The summed E-state index contributed by atoms with van der Waals surface area (Å²) in [5, 5.41) is 33.3. The molecule has 234 valence electrons. The molecule has 1 heterocycles. The van der Waals surface area contributed by atoms with Crippen molar-refractivity contribution < 1.29 is 39.1 Å². The number of nitrogens with zero attached hydrogens (tertiary/aromatic N) is 2. The Bertz CT molecular complexity index is 1080. The van der Waals surface area contributed by atoms with Crippen LogP contribution >= 0.6 is 22.6 Å². The second-order valence-corrected chi connectivity index (χ2v) is 11.5. The van der Waals surface area contributed by atoms with Crippen molar-refractivity contribution >= 4 is 34.4 Å². The van der Waals surface area contributed by atoms with Crippen LogP contribution in [0.1, 0.15) is 37.7 Å². The molecule has 11 nitrogen and oxygen atoms in total. The Morgan fingerprint density at radius 3 is 2.69 bits per heavy atom. The maximum Gasteiger partial charge on any atom is 0.247 e. The van der Waals surface area contributed by atoms with E-state index in [-0.39, 0.29) is 32.1 Å². The Hall–Kier alpha value is -2.23. The van der Waals surface area contributed by atoms with Crippen LogP contribution in [0, 0.1) is 3.57 Å². The van der Waals surface area contributed by atoms with Crippen LogP contribution < -0.4 is 14.8 Å². The topological polar surface area (TPSA) is 141 Å². The average Bonchev–Trinajstić information content (AvgIpc) is 3.00. The third-order valence-electron chi connectivity index (χ3n) is 7.47. The summed E-state index contributed by atoms with van der Waals surface area (Å²) in [6.45, 7) is 7.21. The van der Waals surface area contributed by atoms with Gasteiger partial charge in [0.15, 0.2) is 11.5 Å². The van der Waals surface area contributed by atoms with Gasteiger partial charge in [0.25, 0.3) is 0 Å². The summed E-state index contributed by atoms with van der Waals surface area (Å²) in [7, 11) is 1.49. The molecule has 1 aliphatic heterocycles. The lowest BCUT2D eigenvalue weighted by Crippen LogP contribution is -2.56. The number of morpholine rings is 1. The molecule has 1 aromatic rings. The molecule has 42 heavy (non-hydrogen) atoms. The Morgan fingerprint density at radius 1 is 1.26 bits per heavy atom. The van der Waals surface area contributed by atoms with E-state index >= 15 is 0 Å². The first-order valence-corrected chi connectivity index (χ1v) is 15.5. The highest BCUT2D eigenvalue weighted by molar-refractivity contribution is 14.1. The number of carbonyl (C=O) groups is 2. The van der Waals surface area contributed by atoms with Gasteiger partial charge < -0.3 is 39.7 Å². The summed E-state index contributed by atoms with van der Waals surface area (Å²) in [6, 6.07) is 2.69. The van der Waals surface area contributed by atoms with Gasteiger partial charge in [-0.3, -0.25) is 14.5 Å². The SMILES string of the molecule is C=CCCCCC(=O)N(CCN1CCOCC1)C1CC(C(=O)NCCO)=CC(Oc2c(I)cc(CO)cc2OC)C1O. The van der Waals surface area contributed by atoms with Crippen LogP contribution in [-0.4, -0.2) is 115 Å². The van der Waals surface area contributed by atoms with Crippen LogP contribution in [0.5, 0.6) is 11.5 Å². The highest BCUT2D eigenvalue weighted by atomic mass is 127. The minimum Gasteiger partial charge on any atom is -0.493 e. The number of rotatable bonds is 16. The smallest absolute Gasteiger partial charge is 0.247 e. The van der Waals surface area contributed by atoms with Crippen molar-refractivity contribution in [2.24, 2.45) is 0 Å². The molecule has 4 N–H and O–H groups in total. The van der Waals surface area contributed by atoms with Crippen molar-refractivity contribution in [1.29, 1.82) is 0 Å². The third-order valence-corrected chi connectivity index (χ3v) is 8.27. The molecule has 0 bridgehead atoms. The zero-order valence-corrected chi connectivity index (χ0v) is 26.5. The number of allylic oxidation sites excluding steroid dienone is 1. The number of amides is 2. The van der Waals surface area contributed by atoms with Crippen LogP contribution in [0.25, 0.3) is 0 Å². The molecule has 3 atom stereocenters. The van der Waals surface area contributed by atoms with Crippen molar-refractivity contribution in [3.63, 3.8) is 0 Å². The molecule has 12 heteroatoms. The van der Waals surface area contributed by atoms with Gasteiger partial charge >= 0.3 is 0 Å². The molecule has 3 unspecified atom stereocenters. The summed E-state index contributed by atoms with van der Waals surface area (Å²) >= 11 is 2.07. The quantitative estimate of drug-likeness (QED) is 0.115. The van der Waals surface area contributed by atoms with E-state index < -0.39 is 24.2 Å². The Labute approximate surface area is 261 Å². The van der Waals surface area contributed by atoms with Crippen molar-refractivity contribution in [1.82, 2.24) is 15.1 Å². The lowest BCUT2D eigenvalue weighted by Gasteiger charge is -2.41. The molecule has 1 saturated heterocycles. The lowest BCUT2D eigenvalue weighted by molar-refractivity contribution is -0.139. The molecule has 0 radical (unpaired) electrons. The van der Waals surface area contributed by atoms with Crippen LogP contribution in [-0.2, 0) is 20.9 Å². The van der Waals surface area contributed by atoms with E-state index in [1.54, 1.807) is 23.1 Å². The van der Waals surface area contributed by atoms with Crippen LogP contribution in [0.2, 0.25) is 0 Å². The fourth-order valence-corrected chi connectivity index (χ4v) is 5.95. The minimum atomic E-state index is -1.14. The molecule has 1 fully saturated rings. The van der Waals surface area contributed by atoms with Crippen molar-refractivity contribution in [3.05, 3.63) is 45.6 Å². The van der Waals surface area contributed by atoms with Gasteiger partial charge in [0.2, 0.25) is 11.8 Å². The van der Waals surface area contributed by atoms with E-state index in [0.717, 1.165) is 25.9 Å². The molecule has 0 spiro atoms. The van der Waals surface area contributed by atoms with Gasteiger partial charge in [-0.2, -0.15) is 0 Å². The molecule has 1 aliphatic carbocycles. The third kappa shape index (κ3) is 9.64. The molecule has 2 amide bonds. The van der Waals surface area contributed by atoms with Crippen LogP contribution in [0.3, 0.4) is 0 Å². The number of halogens is 1. The zero-order valence-electron chi connectivity index (χ0n) is 24.3. The highest BCUT2D eigenvalue weighted by Gasteiger charge is 2.41. The number of hydrogen-bond acceptors (Lipinski definition) is 9. The number of methoxy groups -OCH3 is 1. The summed E-state index contributed by atoms with van der Waals surface area (Å²) in [4.78, 5) is 30.7. The predicted octanol–water partition coefficient (Wildman–Crippen LogP) is 1.61. The van der Waals surface area contributed by atoms with E-state index in [1.165, 1.54) is 7.11 Å². The van der Waals surface area contributed by atoms with Gasteiger partial charge in [0, 0.05) is 51.1 Å².